The maximum Gasteiger partial charge on any atom is 0.227 e. The van der Waals surface area contributed by atoms with E-state index in [2.05, 4.69) is 5.32 Å². The lowest BCUT2D eigenvalue weighted by atomic mass is 10.1. The first kappa shape index (κ1) is 16.1. The number of ether oxygens (including phenoxy) is 1. The minimum absolute atomic E-state index is 0.0278. The van der Waals surface area contributed by atoms with Gasteiger partial charge in [0, 0.05) is 25.2 Å². The van der Waals surface area contributed by atoms with Crippen LogP contribution in [0.5, 0.6) is 5.75 Å². The molecule has 0 aliphatic carbocycles. The maximum atomic E-state index is 12.3. The van der Waals surface area contributed by atoms with E-state index in [1.807, 2.05) is 54.6 Å². The molecule has 1 atom stereocenters. The van der Waals surface area contributed by atoms with E-state index >= 15 is 0 Å². The Balaban J connectivity index is 1.60. The van der Waals surface area contributed by atoms with Crippen LogP contribution in [0.15, 0.2) is 54.6 Å². The fourth-order valence-corrected chi connectivity index (χ4v) is 2.82. The molecule has 0 radical (unpaired) electrons. The van der Waals surface area contributed by atoms with Crippen molar-refractivity contribution in [1.29, 1.82) is 0 Å². The first-order valence-corrected chi connectivity index (χ1v) is 7.93. The number of hydrogen-bond donors (Lipinski definition) is 1. The third kappa shape index (κ3) is 3.56. The van der Waals surface area contributed by atoms with Crippen LogP contribution in [0, 0.1) is 5.92 Å². The molecule has 1 fully saturated rings. The molecule has 1 N–H and O–H groups in total. The number of anilines is 1. The fraction of sp³-hybridized carbons (Fsp3) is 0.263. The van der Waals surface area contributed by atoms with Crippen LogP contribution >= 0.6 is 0 Å². The molecule has 1 saturated heterocycles. The highest BCUT2D eigenvalue weighted by Crippen LogP contribution is 2.26. The smallest absolute Gasteiger partial charge is 0.227 e. The van der Waals surface area contributed by atoms with E-state index in [4.69, 9.17) is 4.74 Å². The summed E-state index contributed by atoms with van der Waals surface area (Å²) in [6.07, 6.45) is 0.243. The lowest BCUT2D eigenvalue weighted by molar-refractivity contribution is -0.126. The Morgan fingerprint density at radius 3 is 2.54 bits per heavy atom. The number of hydrogen-bond acceptors (Lipinski definition) is 3. The van der Waals surface area contributed by atoms with Crippen LogP contribution in [0.4, 0.5) is 5.69 Å². The van der Waals surface area contributed by atoms with Crippen LogP contribution in [-0.2, 0) is 16.1 Å². The van der Waals surface area contributed by atoms with Gasteiger partial charge in [-0.25, -0.2) is 0 Å². The Bertz CT molecular complexity index is 713. The van der Waals surface area contributed by atoms with Gasteiger partial charge in [0.25, 0.3) is 0 Å². The molecule has 2 aromatic rings. The molecule has 2 aromatic carbocycles. The Kier molecular flexibility index (Phi) is 4.79. The van der Waals surface area contributed by atoms with Gasteiger partial charge in [-0.3, -0.25) is 9.59 Å². The molecule has 5 nitrogen and oxygen atoms in total. The lowest BCUT2D eigenvalue weighted by Crippen LogP contribution is -2.32. The van der Waals surface area contributed by atoms with Crippen molar-refractivity contribution in [3.63, 3.8) is 0 Å². The van der Waals surface area contributed by atoms with Crippen molar-refractivity contribution < 1.29 is 14.3 Å². The van der Waals surface area contributed by atoms with Crippen molar-refractivity contribution in [2.75, 3.05) is 18.6 Å². The summed E-state index contributed by atoms with van der Waals surface area (Å²) in [5.41, 5.74) is 1.83. The molecule has 0 spiro atoms. The van der Waals surface area contributed by atoms with Gasteiger partial charge in [-0.05, 0) is 29.8 Å². The largest absolute Gasteiger partial charge is 0.497 e. The van der Waals surface area contributed by atoms with Crippen molar-refractivity contribution >= 4 is 17.5 Å². The second-order valence-corrected chi connectivity index (χ2v) is 5.81. The molecule has 0 saturated carbocycles. The summed E-state index contributed by atoms with van der Waals surface area (Å²) in [6.45, 7) is 0.888. The second kappa shape index (κ2) is 7.17. The normalized spacial score (nSPS) is 17.0. The molecule has 0 bridgehead atoms. The van der Waals surface area contributed by atoms with Crippen LogP contribution in [-0.4, -0.2) is 25.5 Å². The Morgan fingerprint density at radius 2 is 1.88 bits per heavy atom. The minimum atomic E-state index is -0.316. The van der Waals surface area contributed by atoms with E-state index in [9.17, 15) is 9.59 Å². The average Bonchev–Trinajstić information content (AvgIpc) is 3.02. The minimum Gasteiger partial charge on any atom is -0.497 e. The summed E-state index contributed by atoms with van der Waals surface area (Å²) in [4.78, 5) is 26.2. The zero-order chi connectivity index (χ0) is 16.9. The number of nitrogens with zero attached hydrogens (tertiary/aromatic N) is 1. The summed E-state index contributed by atoms with van der Waals surface area (Å²) in [7, 11) is 1.60. The third-order valence-corrected chi connectivity index (χ3v) is 4.19. The number of nitrogens with one attached hydrogen (secondary N) is 1. The van der Waals surface area contributed by atoms with Crippen molar-refractivity contribution in [2.24, 2.45) is 5.92 Å². The standard InChI is InChI=1S/C19H20N2O3/c1-24-17-9-7-16(8-10-17)21-13-15(11-18(21)22)19(23)20-12-14-5-3-2-4-6-14/h2-10,15H,11-13H2,1H3,(H,20,23)/t15-/m0/s1. The van der Waals surface area contributed by atoms with E-state index in [0.717, 1.165) is 17.0 Å². The third-order valence-electron chi connectivity index (χ3n) is 4.19. The predicted octanol–water partition coefficient (Wildman–Crippen LogP) is 2.36. The van der Waals surface area contributed by atoms with Gasteiger partial charge in [0.15, 0.2) is 0 Å². The lowest BCUT2D eigenvalue weighted by Gasteiger charge is -2.17. The molecular weight excluding hydrogens is 304 g/mol. The number of benzene rings is 2. The van der Waals surface area contributed by atoms with Crippen LogP contribution in [0.3, 0.4) is 0 Å². The summed E-state index contributed by atoms with van der Waals surface area (Å²) in [5, 5.41) is 2.91. The number of carbonyl (C=O) groups excluding carboxylic acids is 2. The molecule has 3 rings (SSSR count). The molecular formula is C19H20N2O3. The van der Waals surface area contributed by atoms with Gasteiger partial charge < -0.3 is 15.0 Å². The van der Waals surface area contributed by atoms with E-state index in [0.29, 0.717) is 13.1 Å². The van der Waals surface area contributed by atoms with Gasteiger partial charge in [0.1, 0.15) is 5.75 Å². The van der Waals surface area contributed by atoms with Gasteiger partial charge in [-0.1, -0.05) is 30.3 Å². The zero-order valence-electron chi connectivity index (χ0n) is 13.6. The van der Waals surface area contributed by atoms with E-state index < -0.39 is 0 Å². The van der Waals surface area contributed by atoms with Crippen LogP contribution in [0.2, 0.25) is 0 Å². The molecule has 1 aliphatic rings. The van der Waals surface area contributed by atoms with Crippen LogP contribution < -0.4 is 15.0 Å². The highest BCUT2D eigenvalue weighted by atomic mass is 16.5. The molecule has 1 aliphatic heterocycles. The Labute approximate surface area is 141 Å². The SMILES string of the molecule is COc1ccc(N2C[C@@H](C(=O)NCc3ccccc3)CC2=O)cc1. The number of amides is 2. The first-order valence-electron chi connectivity index (χ1n) is 7.93. The van der Waals surface area contributed by atoms with Gasteiger partial charge >= 0.3 is 0 Å². The first-order chi connectivity index (χ1) is 11.7. The number of rotatable bonds is 5. The van der Waals surface area contributed by atoms with Gasteiger partial charge in [-0.15, -0.1) is 0 Å². The van der Waals surface area contributed by atoms with Crippen molar-refractivity contribution in [3.8, 4) is 5.75 Å². The molecule has 1 heterocycles. The Hall–Kier alpha value is -2.82. The highest BCUT2D eigenvalue weighted by Gasteiger charge is 2.34. The fourth-order valence-electron chi connectivity index (χ4n) is 2.82. The quantitative estimate of drug-likeness (QED) is 0.918. The molecule has 5 heteroatoms. The predicted molar refractivity (Wildman–Crippen MR) is 91.7 cm³/mol. The zero-order valence-corrected chi connectivity index (χ0v) is 13.6. The molecule has 0 aromatic heterocycles. The monoisotopic (exact) mass is 324 g/mol. The van der Waals surface area contributed by atoms with Gasteiger partial charge in [-0.2, -0.15) is 0 Å². The van der Waals surface area contributed by atoms with Crippen molar-refractivity contribution in [1.82, 2.24) is 5.32 Å². The molecule has 24 heavy (non-hydrogen) atoms. The van der Waals surface area contributed by atoms with Crippen LogP contribution in [0.1, 0.15) is 12.0 Å². The molecule has 124 valence electrons. The topological polar surface area (TPSA) is 58.6 Å². The summed E-state index contributed by atoms with van der Waals surface area (Å²) in [6, 6.07) is 17.0. The van der Waals surface area contributed by atoms with Gasteiger partial charge in [0.2, 0.25) is 11.8 Å². The Morgan fingerprint density at radius 1 is 1.17 bits per heavy atom. The number of carbonyl (C=O) groups is 2. The average molecular weight is 324 g/mol. The van der Waals surface area contributed by atoms with Crippen LogP contribution in [0.25, 0.3) is 0 Å². The van der Waals surface area contributed by atoms with Gasteiger partial charge in [0.05, 0.1) is 13.0 Å². The number of methoxy groups -OCH3 is 1. The van der Waals surface area contributed by atoms with E-state index in [1.54, 1.807) is 12.0 Å². The molecule has 0 unspecified atom stereocenters. The second-order valence-electron chi connectivity index (χ2n) is 5.81. The maximum absolute atomic E-state index is 12.3. The summed E-state index contributed by atoms with van der Waals surface area (Å²) >= 11 is 0. The van der Waals surface area contributed by atoms with E-state index in [1.165, 1.54) is 0 Å². The highest BCUT2D eigenvalue weighted by molar-refractivity contribution is 6.00. The van der Waals surface area contributed by atoms with Crippen molar-refractivity contribution in [2.45, 2.75) is 13.0 Å². The summed E-state index contributed by atoms with van der Waals surface area (Å²) < 4.78 is 5.12. The molecule has 2 amide bonds. The summed E-state index contributed by atoms with van der Waals surface area (Å²) in [5.74, 6) is 0.314. The van der Waals surface area contributed by atoms with Crippen molar-refractivity contribution in [3.05, 3.63) is 60.2 Å². The van der Waals surface area contributed by atoms with E-state index in [-0.39, 0.29) is 24.2 Å².